The number of ether oxygens (including phenoxy) is 1. The molecule has 0 bridgehead atoms. The molecule has 0 radical (unpaired) electrons. The molecule has 6 nitrogen and oxygen atoms in total. The van der Waals surface area contributed by atoms with Crippen LogP contribution in [-0.4, -0.2) is 71.3 Å². The van der Waals surface area contributed by atoms with Crippen molar-refractivity contribution in [3.05, 3.63) is 30.1 Å². The second-order valence-electron chi connectivity index (χ2n) is 5.35. The van der Waals surface area contributed by atoms with Gasteiger partial charge in [0.25, 0.3) is 0 Å². The Morgan fingerprint density at radius 2 is 2.33 bits per heavy atom. The van der Waals surface area contributed by atoms with Gasteiger partial charge in [-0.2, -0.15) is 0 Å². The van der Waals surface area contributed by atoms with Crippen LogP contribution in [0.1, 0.15) is 12.6 Å². The van der Waals surface area contributed by atoms with E-state index in [0.717, 1.165) is 5.69 Å². The Bertz CT molecular complexity index is 455. The van der Waals surface area contributed by atoms with Crippen molar-refractivity contribution >= 4 is 5.91 Å². The molecule has 2 atom stereocenters. The highest BCUT2D eigenvalue weighted by Crippen LogP contribution is 2.14. The highest BCUT2D eigenvalue weighted by molar-refractivity contribution is 5.78. The molecule has 0 aliphatic carbocycles. The van der Waals surface area contributed by atoms with E-state index in [1.165, 1.54) is 0 Å². The van der Waals surface area contributed by atoms with E-state index in [1.807, 2.05) is 37.1 Å². The molecular formula is C15H23N3O3. The van der Waals surface area contributed by atoms with Crippen LogP contribution in [0.15, 0.2) is 24.4 Å². The molecule has 1 aromatic heterocycles. The largest absolute Gasteiger partial charge is 0.388 e. The predicted octanol–water partition coefficient (Wildman–Crippen LogP) is 0.122. The van der Waals surface area contributed by atoms with E-state index in [4.69, 9.17) is 4.74 Å². The van der Waals surface area contributed by atoms with E-state index < -0.39 is 6.10 Å². The third-order valence-electron chi connectivity index (χ3n) is 3.53. The maximum atomic E-state index is 12.2. The fourth-order valence-corrected chi connectivity index (χ4v) is 2.49. The zero-order valence-electron chi connectivity index (χ0n) is 12.6. The third kappa shape index (κ3) is 4.49. The van der Waals surface area contributed by atoms with Crippen LogP contribution in [0.25, 0.3) is 0 Å². The highest BCUT2D eigenvalue weighted by atomic mass is 16.5. The molecule has 0 unspecified atom stereocenters. The van der Waals surface area contributed by atoms with Crippen LogP contribution in [-0.2, 0) is 16.1 Å². The van der Waals surface area contributed by atoms with Crippen molar-refractivity contribution in [1.29, 1.82) is 0 Å². The first-order chi connectivity index (χ1) is 10.1. The van der Waals surface area contributed by atoms with Crippen LogP contribution in [0, 0.1) is 0 Å². The van der Waals surface area contributed by atoms with Gasteiger partial charge in [0.05, 0.1) is 18.3 Å². The van der Waals surface area contributed by atoms with Gasteiger partial charge in [0.15, 0.2) is 0 Å². The summed E-state index contributed by atoms with van der Waals surface area (Å²) >= 11 is 0. The number of aliphatic hydroxyl groups is 1. The summed E-state index contributed by atoms with van der Waals surface area (Å²) in [6.07, 6.45) is 0.893. The number of β-amino-alcohol motifs (C(OH)–C–C–N with tert-alkyl or cyclic N) is 1. The Hall–Kier alpha value is -1.50. The van der Waals surface area contributed by atoms with E-state index >= 15 is 0 Å². The van der Waals surface area contributed by atoms with Crippen molar-refractivity contribution in [1.82, 2.24) is 14.8 Å². The zero-order chi connectivity index (χ0) is 15.2. The second kappa shape index (κ2) is 7.49. The van der Waals surface area contributed by atoms with Gasteiger partial charge in [0.2, 0.25) is 5.91 Å². The normalized spacial score (nSPS) is 22.0. The van der Waals surface area contributed by atoms with E-state index in [2.05, 4.69) is 4.98 Å². The molecular weight excluding hydrogens is 270 g/mol. The summed E-state index contributed by atoms with van der Waals surface area (Å²) in [5.41, 5.74) is 0.932. The summed E-state index contributed by atoms with van der Waals surface area (Å²) in [6.45, 7) is 4.17. The summed E-state index contributed by atoms with van der Waals surface area (Å²) in [4.78, 5) is 20.1. The Balaban J connectivity index is 1.81. The molecule has 0 spiro atoms. The summed E-state index contributed by atoms with van der Waals surface area (Å²) in [6, 6.07) is 5.74. The smallest absolute Gasteiger partial charge is 0.236 e. The van der Waals surface area contributed by atoms with Crippen LogP contribution in [0.5, 0.6) is 0 Å². The fourth-order valence-electron chi connectivity index (χ4n) is 2.49. The summed E-state index contributed by atoms with van der Waals surface area (Å²) < 4.78 is 5.43. The number of aromatic nitrogens is 1. The molecule has 1 N–H and O–H groups in total. The van der Waals surface area contributed by atoms with Gasteiger partial charge in [0, 0.05) is 32.4 Å². The van der Waals surface area contributed by atoms with E-state index in [-0.39, 0.29) is 12.0 Å². The molecule has 6 heteroatoms. The van der Waals surface area contributed by atoms with Crippen molar-refractivity contribution in [2.75, 3.05) is 33.3 Å². The lowest BCUT2D eigenvalue weighted by atomic mass is 10.3. The van der Waals surface area contributed by atoms with Crippen molar-refractivity contribution in [3.63, 3.8) is 0 Å². The number of hydrogen-bond donors (Lipinski definition) is 1. The van der Waals surface area contributed by atoms with Crippen LogP contribution < -0.4 is 0 Å². The number of likely N-dealkylation sites (N-methyl/N-ethyl adjacent to an activating group) is 1. The highest BCUT2D eigenvalue weighted by Gasteiger charge is 2.34. The first-order valence-corrected chi connectivity index (χ1v) is 7.26. The first kappa shape index (κ1) is 15.9. The Morgan fingerprint density at radius 3 is 3.00 bits per heavy atom. The molecule has 21 heavy (non-hydrogen) atoms. The lowest BCUT2D eigenvalue weighted by Gasteiger charge is -2.21. The molecule has 2 heterocycles. The number of aliphatic hydroxyl groups excluding tert-OH is 1. The Morgan fingerprint density at radius 1 is 1.52 bits per heavy atom. The maximum absolute atomic E-state index is 12.2. The number of amides is 1. The number of hydrogen-bond acceptors (Lipinski definition) is 5. The van der Waals surface area contributed by atoms with E-state index in [9.17, 15) is 9.90 Å². The number of rotatable bonds is 6. The van der Waals surface area contributed by atoms with Gasteiger partial charge in [-0.15, -0.1) is 0 Å². The molecule has 1 saturated heterocycles. The standard InChI is InChI=1S/C15H23N3O3/c1-3-21-14-10-18(9-13(14)19)15(20)11-17(2)8-12-6-4-5-7-16-12/h4-7,13-14,19H,3,8-11H2,1-2H3/t13-,14-/m0/s1. The summed E-state index contributed by atoms with van der Waals surface area (Å²) in [7, 11) is 1.89. The summed E-state index contributed by atoms with van der Waals surface area (Å²) in [5.74, 6) is 0.00897. The van der Waals surface area contributed by atoms with Gasteiger partial charge in [-0.3, -0.25) is 14.7 Å². The minimum atomic E-state index is -0.588. The van der Waals surface area contributed by atoms with Gasteiger partial charge >= 0.3 is 0 Å². The lowest BCUT2D eigenvalue weighted by Crippen LogP contribution is -2.38. The van der Waals surface area contributed by atoms with Crippen molar-refractivity contribution in [2.45, 2.75) is 25.7 Å². The average Bonchev–Trinajstić information content (AvgIpc) is 2.82. The van der Waals surface area contributed by atoms with Gasteiger partial charge in [0.1, 0.15) is 6.10 Å². The first-order valence-electron chi connectivity index (χ1n) is 7.26. The monoisotopic (exact) mass is 293 g/mol. The number of carbonyl (C=O) groups excluding carboxylic acids is 1. The number of pyridine rings is 1. The van der Waals surface area contributed by atoms with Crippen molar-refractivity contribution < 1.29 is 14.6 Å². The number of carbonyl (C=O) groups is 1. The van der Waals surface area contributed by atoms with Crippen molar-refractivity contribution in [2.24, 2.45) is 0 Å². The zero-order valence-corrected chi connectivity index (χ0v) is 12.6. The second-order valence-corrected chi connectivity index (χ2v) is 5.35. The average molecular weight is 293 g/mol. The minimum Gasteiger partial charge on any atom is -0.388 e. The van der Waals surface area contributed by atoms with Gasteiger partial charge in [-0.1, -0.05) is 6.07 Å². The minimum absolute atomic E-state index is 0.00897. The van der Waals surface area contributed by atoms with Gasteiger partial charge < -0.3 is 14.7 Å². The summed E-state index contributed by atoms with van der Waals surface area (Å²) in [5, 5.41) is 9.87. The molecule has 1 aromatic rings. The molecule has 116 valence electrons. The molecule has 1 aliphatic rings. The van der Waals surface area contributed by atoms with Gasteiger partial charge in [-0.25, -0.2) is 0 Å². The van der Waals surface area contributed by atoms with E-state index in [1.54, 1.807) is 11.1 Å². The van der Waals surface area contributed by atoms with E-state index in [0.29, 0.717) is 32.8 Å². The topological polar surface area (TPSA) is 65.9 Å². The molecule has 0 saturated carbocycles. The lowest BCUT2D eigenvalue weighted by molar-refractivity contribution is -0.131. The molecule has 0 aromatic carbocycles. The van der Waals surface area contributed by atoms with Gasteiger partial charge in [-0.05, 0) is 26.1 Å². The molecule has 1 aliphatic heterocycles. The quantitative estimate of drug-likeness (QED) is 0.807. The predicted molar refractivity (Wildman–Crippen MR) is 78.6 cm³/mol. The number of likely N-dealkylation sites (tertiary alicyclic amines) is 1. The van der Waals surface area contributed by atoms with Crippen molar-refractivity contribution in [3.8, 4) is 0 Å². The van der Waals surface area contributed by atoms with Crippen LogP contribution in [0.3, 0.4) is 0 Å². The van der Waals surface area contributed by atoms with Crippen LogP contribution in [0.4, 0.5) is 0 Å². The molecule has 2 rings (SSSR count). The van der Waals surface area contributed by atoms with Crippen LogP contribution in [0.2, 0.25) is 0 Å². The SMILES string of the molecule is CCO[C@H]1CN(C(=O)CN(C)Cc2ccccn2)C[C@@H]1O. The number of nitrogens with zero attached hydrogens (tertiary/aromatic N) is 3. The third-order valence-corrected chi connectivity index (χ3v) is 3.53. The molecule has 1 fully saturated rings. The fraction of sp³-hybridized carbons (Fsp3) is 0.600. The Kier molecular flexibility index (Phi) is 5.67. The van der Waals surface area contributed by atoms with Crippen LogP contribution >= 0.6 is 0 Å². The molecule has 1 amide bonds. The Labute approximate surface area is 125 Å². The maximum Gasteiger partial charge on any atom is 0.236 e.